The summed E-state index contributed by atoms with van der Waals surface area (Å²) in [6, 6.07) is 0. The van der Waals surface area contributed by atoms with Crippen molar-refractivity contribution in [3.05, 3.63) is 18.2 Å². The van der Waals surface area contributed by atoms with Crippen LogP contribution in [0.1, 0.15) is 5.69 Å². The highest BCUT2D eigenvalue weighted by Gasteiger charge is 2.08. The number of aromatic nitrogens is 2. The van der Waals surface area contributed by atoms with E-state index in [1.807, 2.05) is 0 Å². The molecule has 1 aromatic heterocycles. The zero-order chi connectivity index (χ0) is 6.81. The standard InChI is InChI=1S/C5H6N4S/c1-4-5(10-9-8-1)2-6-3-7-4/h2-3,8-9H,1H2. The summed E-state index contributed by atoms with van der Waals surface area (Å²) in [5, 5.41) is 0. The summed E-state index contributed by atoms with van der Waals surface area (Å²) < 4.78 is 0. The average molecular weight is 154 g/mol. The van der Waals surface area contributed by atoms with Crippen molar-refractivity contribution in [2.75, 3.05) is 0 Å². The summed E-state index contributed by atoms with van der Waals surface area (Å²) in [5.74, 6) is 0. The molecule has 52 valence electrons. The van der Waals surface area contributed by atoms with Gasteiger partial charge in [-0.15, -0.1) is 0 Å². The van der Waals surface area contributed by atoms with E-state index < -0.39 is 0 Å². The summed E-state index contributed by atoms with van der Waals surface area (Å²) >= 11 is 1.50. The van der Waals surface area contributed by atoms with Crippen LogP contribution in [-0.2, 0) is 6.54 Å². The van der Waals surface area contributed by atoms with Crippen molar-refractivity contribution in [2.24, 2.45) is 0 Å². The van der Waals surface area contributed by atoms with Crippen LogP contribution < -0.4 is 10.3 Å². The second-order valence-electron chi connectivity index (χ2n) is 1.89. The maximum absolute atomic E-state index is 4.08. The monoisotopic (exact) mass is 154 g/mol. The molecule has 10 heavy (non-hydrogen) atoms. The molecule has 2 heterocycles. The van der Waals surface area contributed by atoms with E-state index in [1.165, 1.54) is 11.9 Å². The maximum Gasteiger partial charge on any atom is 0.115 e. The molecule has 0 saturated carbocycles. The predicted molar refractivity (Wildman–Crippen MR) is 37.9 cm³/mol. The van der Waals surface area contributed by atoms with E-state index in [2.05, 4.69) is 20.2 Å². The van der Waals surface area contributed by atoms with Crippen LogP contribution in [0.25, 0.3) is 0 Å². The van der Waals surface area contributed by atoms with Crippen LogP contribution in [0.2, 0.25) is 0 Å². The molecule has 1 aliphatic rings. The van der Waals surface area contributed by atoms with E-state index in [-0.39, 0.29) is 0 Å². The zero-order valence-corrected chi connectivity index (χ0v) is 5.98. The number of fused-ring (bicyclic) bond motifs is 1. The van der Waals surface area contributed by atoms with Crippen molar-refractivity contribution in [3.63, 3.8) is 0 Å². The second-order valence-corrected chi connectivity index (χ2v) is 2.74. The minimum Gasteiger partial charge on any atom is -0.244 e. The minimum absolute atomic E-state index is 0.769. The van der Waals surface area contributed by atoms with Gasteiger partial charge in [0.2, 0.25) is 0 Å². The SMILES string of the molecule is c1ncc2c(n1)CNNS2. The molecule has 0 radical (unpaired) electrons. The van der Waals surface area contributed by atoms with Gasteiger partial charge in [-0.25, -0.2) is 15.4 Å². The number of hydrazine groups is 1. The largest absolute Gasteiger partial charge is 0.244 e. The van der Waals surface area contributed by atoms with Crippen LogP contribution in [0.4, 0.5) is 0 Å². The Labute approximate surface area is 62.6 Å². The Morgan fingerprint density at radius 1 is 1.60 bits per heavy atom. The first-order valence-electron chi connectivity index (χ1n) is 2.90. The fraction of sp³-hybridized carbons (Fsp3) is 0.200. The number of nitrogens with one attached hydrogen (secondary N) is 2. The first-order valence-corrected chi connectivity index (χ1v) is 3.72. The first-order chi connectivity index (χ1) is 4.97. The van der Waals surface area contributed by atoms with Gasteiger partial charge in [0.1, 0.15) is 6.33 Å². The van der Waals surface area contributed by atoms with Crippen LogP contribution in [0.15, 0.2) is 17.4 Å². The minimum atomic E-state index is 0.769. The second kappa shape index (κ2) is 2.53. The smallest absolute Gasteiger partial charge is 0.115 e. The Hall–Kier alpha value is -0.650. The van der Waals surface area contributed by atoms with E-state index in [1.54, 1.807) is 12.5 Å². The van der Waals surface area contributed by atoms with E-state index in [9.17, 15) is 0 Å². The van der Waals surface area contributed by atoms with Gasteiger partial charge in [-0.1, -0.05) is 0 Å². The molecule has 1 aliphatic heterocycles. The third-order valence-electron chi connectivity index (χ3n) is 1.25. The van der Waals surface area contributed by atoms with Gasteiger partial charge >= 0.3 is 0 Å². The number of hydrogen-bond acceptors (Lipinski definition) is 5. The summed E-state index contributed by atoms with van der Waals surface area (Å²) in [6.45, 7) is 0.769. The van der Waals surface area contributed by atoms with Crippen LogP contribution in [0, 0.1) is 0 Å². The normalized spacial score (nSPS) is 16.4. The third kappa shape index (κ3) is 0.985. The van der Waals surface area contributed by atoms with Crippen molar-refractivity contribution in [1.29, 1.82) is 0 Å². The summed E-state index contributed by atoms with van der Waals surface area (Å²) in [4.78, 5) is 12.0. The van der Waals surface area contributed by atoms with Gasteiger partial charge < -0.3 is 0 Å². The Balaban J connectivity index is 2.41. The molecule has 4 nitrogen and oxygen atoms in total. The topological polar surface area (TPSA) is 49.8 Å². The van der Waals surface area contributed by atoms with E-state index in [4.69, 9.17) is 0 Å². The molecule has 2 rings (SSSR count). The van der Waals surface area contributed by atoms with Crippen LogP contribution in [0.5, 0.6) is 0 Å². The van der Waals surface area contributed by atoms with Gasteiger partial charge in [0, 0.05) is 6.20 Å². The highest BCUT2D eigenvalue weighted by atomic mass is 32.2. The predicted octanol–water partition coefficient (Wildman–Crippen LogP) is 0.0915. The van der Waals surface area contributed by atoms with E-state index >= 15 is 0 Å². The molecular formula is C5H6N4S. The number of nitrogens with zero attached hydrogens (tertiary/aromatic N) is 2. The highest BCUT2D eigenvalue weighted by molar-refractivity contribution is 7.97. The quantitative estimate of drug-likeness (QED) is 0.519. The van der Waals surface area contributed by atoms with Gasteiger partial charge in [0.15, 0.2) is 0 Å². The Bertz CT molecular complexity index is 214. The molecule has 0 unspecified atom stereocenters. The first kappa shape index (κ1) is 6.09. The molecule has 0 bridgehead atoms. The number of hydrogen-bond donors (Lipinski definition) is 2. The highest BCUT2D eigenvalue weighted by Crippen LogP contribution is 2.18. The van der Waals surface area contributed by atoms with Crippen LogP contribution in [-0.4, -0.2) is 9.97 Å². The molecule has 0 fully saturated rings. The lowest BCUT2D eigenvalue weighted by molar-refractivity contribution is 0.640. The van der Waals surface area contributed by atoms with E-state index in [0.717, 1.165) is 17.1 Å². The Morgan fingerprint density at radius 2 is 2.60 bits per heavy atom. The van der Waals surface area contributed by atoms with Crippen LogP contribution in [0.3, 0.4) is 0 Å². The average Bonchev–Trinajstić information content (AvgIpc) is 2.05. The van der Waals surface area contributed by atoms with Crippen molar-refractivity contribution in [1.82, 2.24) is 20.2 Å². The molecule has 0 spiro atoms. The molecule has 2 N–H and O–H groups in total. The van der Waals surface area contributed by atoms with Crippen LogP contribution >= 0.6 is 11.9 Å². The Kier molecular flexibility index (Phi) is 1.54. The molecule has 0 saturated heterocycles. The number of rotatable bonds is 0. The Morgan fingerprint density at radius 3 is 3.50 bits per heavy atom. The van der Waals surface area contributed by atoms with Gasteiger partial charge in [0.05, 0.1) is 17.1 Å². The van der Waals surface area contributed by atoms with E-state index in [0.29, 0.717) is 0 Å². The lowest BCUT2D eigenvalue weighted by Crippen LogP contribution is -2.29. The fourth-order valence-electron chi connectivity index (χ4n) is 0.771. The van der Waals surface area contributed by atoms with Crippen molar-refractivity contribution in [3.8, 4) is 0 Å². The van der Waals surface area contributed by atoms with Gasteiger partial charge in [-0.2, -0.15) is 4.83 Å². The molecule has 5 heteroatoms. The summed E-state index contributed by atoms with van der Waals surface area (Å²) in [6.07, 6.45) is 3.37. The lowest BCUT2D eigenvalue weighted by Gasteiger charge is -2.13. The lowest BCUT2D eigenvalue weighted by atomic mass is 10.4. The maximum atomic E-state index is 4.08. The molecule has 1 aromatic rings. The molecule has 0 aliphatic carbocycles. The summed E-state index contributed by atoms with van der Waals surface area (Å²) in [5.41, 5.74) is 4.02. The molecule has 0 amide bonds. The molecular weight excluding hydrogens is 148 g/mol. The summed E-state index contributed by atoms with van der Waals surface area (Å²) in [7, 11) is 0. The fourth-order valence-corrected chi connectivity index (χ4v) is 1.38. The molecule has 0 atom stereocenters. The van der Waals surface area contributed by atoms with Crippen molar-refractivity contribution >= 4 is 11.9 Å². The van der Waals surface area contributed by atoms with Crippen molar-refractivity contribution in [2.45, 2.75) is 11.4 Å². The van der Waals surface area contributed by atoms with Crippen molar-refractivity contribution < 1.29 is 0 Å². The van der Waals surface area contributed by atoms with Gasteiger partial charge in [-0.05, 0) is 11.9 Å². The molecule has 0 aromatic carbocycles. The van der Waals surface area contributed by atoms with Gasteiger partial charge in [0.25, 0.3) is 0 Å². The zero-order valence-electron chi connectivity index (χ0n) is 5.16. The van der Waals surface area contributed by atoms with Gasteiger partial charge in [-0.3, -0.25) is 0 Å². The third-order valence-corrected chi connectivity index (χ3v) is 2.05.